The highest BCUT2D eigenvalue weighted by Gasteiger charge is 2.24. The summed E-state index contributed by atoms with van der Waals surface area (Å²) in [5.41, 5.74) is 5.71. The van der Waals surface area contributed by atoms with Gasteiger partial charge in [-0.05, 0) is 30.5 Å². The number of aromatic nitrogens is 4. The van der Waals surface area contributed by atoms with E-state index in [9.17, 15) is 19.2 Å². The summed E-state index contributed by atoms with van der Waals surface area (Å²) in [5, 5.41) is 0.831. The number of nitrogen functional groups attached to an aromatic ring is 1. The first-order chi connectivity index (χ1) is 18.3. The molecule has 1 unspecified atom stereocenters. The lowest BCUT2D eigenvalue weighted by atomic mass is 10.2. The second kappa shape index (κ2) is 10.8. The molecule has 0 bridgehead atoms. The smallest absolute Gasteiger partial charge is 0.332 e. The standard InChI is InChI=1S/C27H27N5O5S/c1-30-25(35)22(23(28)31(27(30)36)14-17-8-3-2-4-9-17)21(33)16-38-26-29-20-12-6-5-11-19(20)24(34)32(26)15-18-10-7-13-37-18/h2-6,8-9,11-12,18H,7,10,13-16,28H2,1H3. The van der Waals surface area contributed by atoms with E-state index in [1.165, 1.54) is 16.2 Å². The number of carbonyl (C=O) groups excluding carboxylic acids is 1. The van der Waals surface area contributed by atoms with Crippen LogP contribution in [0.2, 0.25) is 0 Å². The molecule has 196 valence electrons. The van der Waals surface area contributed by atoms with Crippen molar-refractivity contribution in [3.8, 4) is 0 Å². The van der Waals surface area contributed by atoms with Gasteiger partial charge in [-0.2, -0.15) is 0 Å². The van der Waals surface area contributed by atoms with E-state index in [0.717, 1.165) is 34.7 Å². The summed E-state index contributed by atoms with van der Waals surface area (Å²) in [6.45, 7) is 1.07. The van der Waals surface area contributed by atoms with E-state index >= 15 is 0 Å². The lowest BCUT2D eigenvalue weighted by molar-refractivity contribution is 0.0937. The number of Topliss-reactive ketones (excluding diaryl/α,β-unsaturated/α-hetero) is 1. The van der Waals surface area contributed by atoms with Crippen molar-refractivity contribution in [3.63, 3.8) is 0 Å². The summed E-state index contributed by atoms with van der Waals surface area (Å²) >= 11 is 1.06. The number of fused-ring (bicyclic) bond motifs is 1. The number of hydrogen-bond donors (Lipinski definition) is 1. The predicted octanol–water partition coefficient (Wildman–Crippen LogP) is 2.04. The van der Waals surface area contributed by atoms with E-state index in [0.29, 0.717) is 29.2 Å². The van der Waals surface area contributed by atoms with E-state index in [2.05, 4.69) is 4.98 Å². The number of rotatable bonds is 8. The molecular weight excluding hydrogens is 506 g/mol. The van der Waals surface area contributed by atoms with E-state index in [1.54, 1.807) is 24.3 Å². The van der Waals surface area contributed by atoms with Crippen LogP contribution in [0.5, 0.6) is 0 Å². The maximum absolute atomic E-state index is 13.4. The molecule has 11 heteroatoms. The zero-order valence-corrected chi connectivity index (χ0v) is 21.6. The third-order valence-electron chi connectivity index (χ3n) is 6.61. The summed E-state index contributed by atoms with van der Waals surface area (Å²) in [6.07, 6.45) is 1.63. The van der Waals surface area contributed by atoms with Gasteiger partial charge in [0.1, 0.15) is 11.4 Å². The maximum atomic E-state index is 13.4. The second-order valence-electron chi connectivity index (χ2n) is 9.15. The Balaban J connectivity index is 1.48. The second-order valence-corrected chi connectivity index (χ2v) is 10.1. The average Bonchev–Trinajstić information content (AvgIpc) is 3.44. The Morgan fingerprint density at radius 2 is 1.79 bits per heavy atom. The molecule has 3 heterocycles. The molecule has 4 aromatic rings. The quantitative estimate of drug-likeness (QED) is 0.207. The summed E-state index contributed by atoms with van der Waals surface area (Å²) in [5.74, 6) is -0.934. The molecule has 1 fully saturated rings. The molecule has 1 aliphatic rings. The first kappa shape index (κ1) is 25.7. The molecule has 0 spiro atoms. The number of ether oxygens (including phenoxy) is 1. The fourth-order valence-corrected chi connectivity index (χ4v) is 5.46. The number of carbonyl (C=O) groups is 1. The molecule has 5 rings (SSSR count). The lowest BCUT2D eigenvalue weighted by Gasteiger charge is -2.17. The first-order valence-corrected chi connectivity index (χ1v) is 13.2. The van der Waals surface area contributed by atoms with Crippen LogP contribution in [0.1, 0.15) is 28.8 Å². The molecule has 2 N–H and O–H groups in total. The van der Waals surface area contributed by atoms with Crippen LogP contribution >= 0.6 is 11.8 Å². The number of benzene rings is 2. The Hall–Kier alpha value is -3.96. The lowest BCUT2D eigenvalue weighted by Crippen LogP contribution is -2.43. The van der Waals surface area contributed by atoms with Gasteiger partial charge in [0.2, 0.25) is 0 Å². The number of ketones is 1. The fraction of sp³-hybridized carbons (Fsp3) is 0.296. The Bertz CT molecular complexity index is 1690. The molecule has 38 heavy (non-hydrogen) atoms. The number of hydrogen-bond acceptors (Lipinski definition) is 8. The molecule has 10 nitrogen and oxygen atoms in total. The van der Waals surface area contributed by atoms with Gasteiger partial charge < -0.3 is 10.5 Å². The van der Waals surface area contributed by atoms with Crippen molar-refractivity contribution in [1.29, 1.82) is 0 Å². The maximum Gasteiger partial charge on any atom is 0.332 e. The summed E-state index contributed by atoms with van der Waals surface area (Å²) in [6, 6.07) is 16.2. The zero-order chi connectivity index (χ0) is 26.8. The van der Waals surface area contributed by atoms with Gasteiger partial charge in [0, 0.05) is 13.7 Å². The average molecular weight is 534 g/mol. The highest BCUT2D eigenvalue weighted by molar-refractivity contribution is 7.99. The van der Waals surface area contributed by atoms with Crippen molar-refractivity contribution in [2.45, 2.75) is 37.2 Å². The van der Waals surface area contributed by atoms with Crippen molar-refractivity contribution >= 4 is 34.3 Å². The number of nitrogens with zero attached hydrogens (tertiary/aromatic N) is 4. The van der Waals surface area contributed by atoms with Crippen LogP contribution in [0.25, 0.3) is 10.9 Å². The highest BCUT2D eigenvalue weighted by atomic mass is 32.2. The molecule has 2 aromatic heterocycles. The number of anilines is 1. The van der Waals surface area contributed by atoms with Crippen LogP contribution in [0, 0.1) is 0 Å². The van der Waals surface area contributed by atoms with Crippen LogP contribution in [0.4, 0.5) is 5.82 Å². The molecule has 1 atom stereocenters. The van der Waals surface area contributed by atoms with Gasteiger partial charge in [0.15, 0.2) is 10.9 Å². The highest BCUT2D eigenvalue weighted by Crippen LogP contribution is 2.22. The minimum Gasteiger partial charge on any atom is -0.384 e. The number of para-hydroxylation sites is 1. The van der Waals surface area contributed by atoms with Crippen LogP contribution < -0.4 is 22.5 Å². The third-order valence-corrected chi connectivity index (χ3v) is 7.59. The van der Waals surface area contributed by atoms with Crippen molar-refractivity contribution < 1.29 is 9.53 Å². The largest absolute Gasteiger partial charge is 0.384 e. The van der Waals surface area contributed by atoms with E-state index in [-0.39, 0.29) is 35.3 Å². The van der Waals surface area contributed by atoms with Gasteiger partial charge in [0.05, 0.1) is 35.8 Å². The van der Waals surface area contributed by atoms with Gasteiger partial charge in [-0.3, -0.25) is 28.1 Å². The number of nitrogens with two attached hydrogens (primary N) is 1. The van der Waals surface area contributed by atoms with Gasteiger partial charge in [-0.1, -0.05) is 54.2 Å². The van der Waals surface area contributed by atoms with Crippen LogP contribution in [0.15, 0.2) is 74.1 Å². The van der Waals surface area contributed by atoms with Gasteiger partial charge in [-0.15, -0.1) is 0 Å². The van der Waals surface area contributed by atoms with Crippen LogP contribution in [0.3, 0.4) is 0 Å². The topological polar surface area (TPSA) is 131 Å². The van der Waals surface area contributed by atoms with E-state index in [1.807, 2.05) is 30.3 Å². The summed E-state index contributed by atoms with van der Waals surface area (Å²) in [4.78, 5) is 57.1. The molecule has 0 amide bonds. The molecule has 0 aliphatic carbocycles. The van der Waals surface area contributed by atoms with E-state index in [4.69, 9.17) is 10.5 Å². The minimum absolute atomic E-state index is 0.111. The Kier molecular flexibility index (Phi) is 7.30. The molecule has 0 saturated carbocycles. The number of thioether (sulfide) groups is 1. The normalized spacial score (nSPS) is 15.2. The fourth-order valence-electron chi connectivity index (χ4n) is 4.58. The van der Waals surface area contributed by atoms with Gasteiger partial charge in [-0.25, -0.2) is 9.78 Å². The Labute approximate surface area is 221 Å². The molecule has 1 aliphatic heterocycles. The zero-order valence-electron chi connectivity index (χ0n) is 20.8. The molecule has 2 aromatic carbocycles. The van der Waals surface area contributed by atoms with Crippen LogP contribution in [-0.4, -0.2) is 42.9 Å². The van der Waals surface area contributed by atoms with Gasteiger partial charge >= 0.3 is 5.69 Å². The predicted molar refractivity (Wildman–Crippen MR) is 146 cm³/mol. The van der Waals surface area contributed by atoms with Crippen molar-refractivity contribution in [2.75, 3.05) is 18.1 Å². The van der Waals surface area contributed by atoms with E-state index < -0.39 is 17.0 Å². The monoisotopic (exact) mass is 533 g/mol. The SMILES string of the molecule is Cn1c(=O)c(C(=O)CSc2nc3ccccc3c(=O)n2CC2CCCO2)c(N)n(Cc2ccccc2)c1=O. The van der Waals surface area contributed by atoms with Crippen molar-refractivity contribution in [1.82, 2.24) is 18.7 Å². The third kappa shape index (κ3) is 4.94. The van der Waals surface area contributed by atoms with Crippen molar-refractivity contribution in [2.24, 2.45) is 7.05 Å². The molecular formula is C27H27N5O5S. The summed E-state index contributed by atoms with van der Waals surface area (Å²) in [7, 11) is 1.32. The first-order valence-electron chi connectivity index (χ1n) is 12.3. The Morgan fingerprint density at radius 3 is 2.53 bits per heavy atom. The molecule has 0 radical (unpaired) electrons. The van der Waals surface area contributed by atoms with Crippen LogP contribution in [-0.2, 0) is 24.9 Å². The summed E-state index contributed by atoms with van der Waals surface area (Å²) < 4.78 is 9.38. The molecule has 1 saturated heterocycles. The Morgan fingerprint density at radius 1 is 1.05 bits per heavy atom. The minimum atomic E-state index is -0.759. The van der Waals surface area contributed by atoms with Crippen molar-refractivity contribution in [3.05, 3.63) is 96.9 Å². The van der Waals surface area contributed by atoms with Gasteiger partial charge in [0.25, 0.3) is 11.1 Å².